The van der Waals surface area contributed by atoms with Gasteiger partial charge in [0.1, 0.15) is 5.82 Å². The van der Waals surface area contributed by atoms with Crippen LogP contribution >= 0.6 is 23.2 Å². The Morgan fingerprint density at radius 3 is 2.35 bits per heavy atom. The van der Waals surface area contributed by atoms with Gasteiger partial charge in [-0.1, -0.05) is 43.1 Å². The van der Waals surface area contributed by atoms with E-state index in [9.17, 15) is 9.59 Å². The van der Waals surface area contributed by atoms with E-state index < -0.39 is 5.69 Å². The summed E-state index contributed by atoms with van der Waals surface area (Å²) < 4.78 is 4.45. The smallest absolute Gasteiger partial charge is 0.316 e. The average molecular weight is 464 g/mol. The van der Waals surface area contributed by atoms with Gasteiger partial charge in [-0.2, -0.15) is 0 Å². The number of hydrogen-bond donors (Lipinski definition) is 0. The minimum atomic E-state index is -0.390. The number of halogens is 2. The molecule has 0 saturated carbocycles. The highest BCUT2D eigenvalue weighted by molar-refractivity contribution is 6.35. The van der Waals surface area contributed by atoms with Crippen molar-refractivity contribution in [3.05, 3.63) is 60.5 Å². The molecule has 1 fully saturated rings. The van der Waals surface area contributed by atoms with Crippen LogP contribution in [0.4, 0.5) is 0 Å². The fourth-order valence-electron chi connectivity index (χ4n) is 4.72. The molecule has 4 rings (SSSR count). The quantitative estimate of drug-likeness (QED) is 0.595. The molecule has 0 aliphatic carbocycles. The Kier molecular flexibility index (Phi) is 6.03. The first-order chi connectivity index (χ1) is 14.7. The van der Waals surface area contributed by atoms with Gasteiger partial charge in [-0.25, -0.2) is 9.78 Å². The number of fused-ring (bicyclic) bond motifs is 1. The molecule has 3 heterocycles. The van der Waals surface area contributed by atoms with E-state index in [0.717, 1.165) is 29.0 Å². The molecule has 0 unspecified atom stereocenters. The van der Waals surface area contributed by atoms with Crippen LogP contribution in [0, 0.1) is 11.8 Å². The predicted molar refractivity (Wildman–Crippen MR) is 124 cm³/mol. The SMILES string of the molecule is C[C@H]1C[C@H](C)CN(Cc2nc3c(c(=O)n(C)c(=O)n3C)n2Cc2ccc(Cl)cc2Cl)C1. The summed E-state index contributed by atoms with van der Waals surface area (Å²) in [4.78, 5) is 32.7. The number of imidazole rings is 1. The van der Waals surface area contributed by atoms with Crippen molar-refractivity contribution >= 4 is 34.4 Å². The van der Waals surface area contributed by atoms with Gasteiger partial charge in [0, 0.05) is 37.2 Å². The zero-order chi connectivity index (χ0) is 22.4. The molecule has 0 bridgehead atoms. The summed E-state index contributed by atoms with van der Waals surface area (Å²) in [5, 5.41) is 1.08. The van der Waals surface area contributed by atoms with Crippen LogP contribution in [0.2, 0.25) is 10.0 Å². The Morgan fingerprint density at radius 1 is 1.03 bits per heavy atom. The predicted octanol–water partition coefficient (Wildman–Crippen LogP) is 3.27. The van der Waals surface area contributed by atoms with Crippen molar-refractivity contribution in [1.29, 1.82) is 0 Å². The van der Waals surface area contributed by atoms with Crippen LogP contribution in [0.3, 0.4) is 0 Å². The van der Waals surface area contributed by atoms with Gasteiger partial charge < -0.3 is 4.57 Å². The normalized spacial score (nSPS) is 19.9. The monoisotopic (exact) mass is 463 g/mol. The van der Waals surface area contributed by atoms with E-state index in [1.807, 2.05) is 10.6 Å². The van der Waals surface area contributed by atoms with E-state index in [2.05, 4.69) is 18.7 Å². The largest absolute Gasteiger partial charge is 0.332 e. The fraction of sp³-hybridized carbons (Fsp3) is 0.500. The van der Waals surface area contributed by atoms with Crippen molar-refractivity contribution in [1.82, 2.24) is 23.6 Å². The summed E-state index contributed by atoms with van der Waals surface area (Å²) >= 11 is 12.5. The number of hydrogen-bond acceptors (Lipinski definition) is 4. The van der Waals surface area contributed by atoms with Gasteiger partial charge in [-0.05, 0) is 36.0 Å². The van der Waals surface area contributed by atoms with E-state index in [-0.39, 0.29) is 5.56 Å². The molecule has 0 amide bonds. The Morgan fingerprint density at radius 2 is 1.71 bits per heavy atom. The van der Waals surface area contributed by atoms with Crippen molar-refractivity contribution in [2.45, 2.75) is 33.4 Å². The van der Waals surface area contributed by atoms with Crippen LogP contribution in [0.5, 0.6) is 0 Å². The molecule has 3 aromatic rings. The first-order valence-corrected chi connectivity index (χ1v) is 11.2. The van der Waals surface area contributed by atoms with E-state index in [1.54, 1.807) is 19.2 Å². The number of benzene rings is 1. The molecule has 9 heteroatoms. The third-order valence-electron chi connectivity index (χ3n) is 6.08. The zero-order valence-corrected chi connectivity index (χ0v) is 19.7. The Labute approximate surface area is 190 Å². The molecule has 7 nitrogen and oxygen atoms in total. The van der Waals surface area contributed by atoms with Crippen LogP contribution in [0.15, 0.2) is 27.8 Å². The number of piperidine rings is 1. The van der Waals surface area contributed by atoms with Crippen LogP contribution in [-0.2, 0) is 27.2 Å². The molecule has 1 saturated heterocycles. The maximum absolute atomic E-state index is 13.1. The van der Waals surface area contributed by atoms with E-state index in [0.29, 0.717) is 46.1 Å². The Bertz CT molecular complexity index is 1250. The third-order valence-corrected chi connectivity index (χ3v) is 6.67. The highest BCUT2D eigenvalue weighted by Crippen LogP contribution is 2.26. The first-order valence-electron chi connectivity index (χ1n) is 10.5. The molecular formula is C22H27Cl2N5O2. The fourth-order valence-corrected chi connectivity index (χ4v) is 5.19. The lowest BCUT2D eigenvalue weighted by molar-refractivity contribution is 0.130. The first kappa shape index (κ1) is 22.1. The van der Waals surface area contributed by atoms with Gasteiger partial charge in [0.2, 0.25) is 0 Å². The van der Waals surface area contributed by atoms with Gasteiger partial charge in [0.15, 0.2) is 11.2 Å². The Hall–Kier alpha value is -2.09. The molecule has 2 aromatic heterocycles. The van der Waals surface area contributed by atoms with E-state index in [1.165, 1.54) is 18.0 Å². The number of rotatable bonds is 4. The minimum absolute atomic E-state index is 0.359. The van der Waals surface area contributed by atoms with Crippen LogP contribution < -0.4 is 11.2 Å². The van der Waals surface area contributed by atoms with Crippen molar-refractivity contribution in [2.75, 3.05) is 13.1 Å². The van der Waals surface area contributed by atoms with Gasteiger partial charge in [0.25, 0.3) is 5.56 Å². The molecule has 1 aromatic carbocycles. The summed E-state index contributed by atoms with van der Waals surface area (Å²) in [7, 11) is 3.13. The molecule has 2 atom stereocenters. The topological polar surface area (TPSA) is 65.1 Å². The number of nitrogens with zero attached hydrogens (tertiary/aromatic N) is 5. The summed E-state index contributed by atoms with van der Waals surface area (Å²) in [5.74, 6) is 1.95. The zero-order valence-electron chi connectivity index (χ0n) is 18.2. The summed E-state index contributed by atoms with van der Waals surface area (Å²) in [6, 6.07) is 5.33. The molecule has 0 radical (unpaired) electrons. The lowest BCUT2D eigenvalue weighted by Gasteiger charge is -2.34. The number of aryl methyl sites for hydroxylation is 1. The molecule has 1 aliphatic heterocycles. The molecule has 166 valence electrons. The maximum atomic E-state index is 13.1. The van der Waals surface area contributed by atoms with Crippen LogP contribution in [-0.4, -0.2) is 36.7 Å². The van der Waals surface area contributed by atoms with Crippen molar-refractivity contribution in [3.63, 3.8) is 0 Å². The van der Waals surface area contributed by atoms with Crippen molar-refractivity contribution in [3.8, 4) is 0 Å². The molecular weight excluding hydrogens is 437 g/mol. The summed E-state index contributed by atoms with van der Waals surface area (Å²) in [5.41, 5.74) is 0.888. The van der Waals surface area contributed by atoms with Gasteiger partial charge >= 0.3 is 5.69 Å². The standard InChI is InChI=1S/C22H27Cl2N5O2/c1-13-7-14(2)10-28(9-13)12-18-25-20-19(21(30)27(4)22(31)26(20)3)29(18)11-15-5-6-16(23)8-17(15)24/h5-6,8,13-14H,7,9-12H2,1-4H3/t13-,14-/m0/s1. The van der Waals surface area contributed by atoms with Crippen LogP contribution in [0.25, 0.3) is 11.2 Å². The number of likely N-dealkylation sites (tertiary alicyclic amines) is 1. The molecule has 0 spiro atoms. The average Bonchev–Trinajstić information content (AvgIpc) is 3.04. The van der Waals surface area contributed by atoms with Crippen LogP contribution in [0.1, 0.15) is 31.7 Å². The summed E-state index contributed by atoms with van der Waals surface area (Å²) in [6.07, 6.45) is 1.21. The van der Waals surface area contributed by atoms with Gasteiger partial charge in [0.05, 0.1) is 13.1 Å². The molecule has 0 N–H and O–H groups in total. The third kappa shape index (κ3) is 4.19. The molecule has 31 heavy (non-hydrogen) atoms. The second-order valence-electron chi connectivity index (χ2n) is 8.87. The van der Waals surface area contributed by atoms with Gasteiger partial charge in [-0.3, -0.25) is 18.8 Å². The number of aromatic nitrogens is 4. The lowest BCUT2D eigenvalue weighted by atomic mass is 9.92. The van der Waals surface area contributed by atoms with Gasteiger partial charge in [-0.15, -0.1) is 0 Å². The highest BCUT2D eigenvalue weighted by Gasteiger charge is 2.25. The second kappa shape index (κ2) is 8.45. The second-order valence-corrected chi connectivity index (χ2v) is 9.71. The van der Waals surface area contributed by atoms with E-state index in [4.69, 9.17) is 28.2 Å². The van der Waals surface area contributed by atoms with E-state index >= 15 is 0 Å². The lowest BCUT2D eigenvalue weighted by Crippen LogP contribution is -2.39. The Balaban J connectivity index is 1.87. The summed E-state index contributed by atoms with van der Waals surface area (Å²) in [6.45, 7) is 7.45. The van der Waals surface area contributed by atoms with Crippen molar-refractivity contribution in [2.24, 2.45) is 25.9 Å². The molecule has 1 aliphatic rings. The maximum Gasteiger partial charge on any atom is 0.332 e. The highest BCUT2D eigenvalue weighted by atomic mass is 35.5. The van der Waals surface area contributed by atoms with Crippen molar-refractivity contribution < 1.29 is 0 Å². The minimum Gasteiger partial charge on any atom is -0.316 e.